The minimum absolute atomic E-state index is 0. The van der Waals surface area contributed by atoms with Crippen molar-refractivity contribution in [3.63, 3.8) is 0 Å². The molecule has 0 unspecified atom stereocenters. The third-order valence-electron chi connectivity index (χ3n) is 7.10. The number of ketones is 1. The number of aryl methyl sites for hydroxylation is 1. The van der Waals surface area contributed by atoms with Crippen LogP contribution < -0.4 is 4.90 Å². The quantitative estimate of drug-likeness (QED) is 0.206. The Labute approximate surface area is 253 Å². The summed E-state index contributed by atoms with van der Waals surface area (Å²) in [6.45, 7) is 1.29. The van der Waals surface area contributed by atoms with Crippen LogP contribution in [0.2, 0.25) is 0 Å². The van der Waals surface area contributed by atoms with Gasteiger partial charge in [-0.15, -0.1) is 0 Å². The molecule has 2 heterocycles. The van der Waals surface area contributed by atoms with Gasteiger partial charge in [-0.25, -0.2) is 9.07 Å². The first kappa shape index (κ1) is 32.9. The molecule has 0 fully saturated rings. The van der Waals surface area contributed by atoms with Crippen molar-refractivity contribution in [1.82, 2.24) is 9.78 Å². The van der Waals surface area contributed by atoms with Crippen LogP contribution in [0.3, 0.4) is 0 Å². The highest BCUT2D eigenvalue weighted by Crippen LogP contribution is 2.47. The fraction of sp³-hybridized carbons (Fsp3) is 0.233. The number of amides is 1. The molecule has 1 N–H and O–H groups in total. The Hall–Kier alpha value is -3.61. The van der Waals surface area contributed by atoms with Gasteiger partial charge in [0.05, 0.1) is 36.0 Å². The maximum atomic E-state index is 14.1. The van der Waals surface area contributed by atoms with Crippen LogP contribution in [0.15, 0.2) is 78.9 Å². The highest BCUT2D eigenvalue weighted by molar-refractivity contribution is 7.59. The zero-order valence-corrected chi connectivity index (χ0v) is 24.4. The fourth-order valence-corrected chi connectivity index (χ4v) is 5.33. The van der Waals surface area contributed by atoms with E-state index in [4.69, 9.17) is 5.10 Å². The molecule has 0 aliphatic carbocycles. The summed E-state index contributed by atoms with van der Waals surface area (Å²) in [5.41, 5.74) is 1.26. The van der Waals surface area contributed by atoms with Crippen molar-refractivity contribution in [3.05, 3.63) is 113 Å². The van der Waals surface area contributed by atoms with Crippen LogP contribution in [-0.4, -0.2) is 39.7 Å². The maximum Gasteiger partial charge on any atom is 0.416 e. The molecule has 0 saturated carbocycles. The fourth-order valence-electron chi connectivity index (χ4n) is 5.33. The number of aliphatic hydroxyl groups excluding tert-OH is 1. The van der Waals surface area contributed by atoms with Gasteiger partial charge in [0.2, 0.25) is 5.91 Å². The van der Waals surface area contributed by atoms with Crippen molar-refractivity contribution in [1.29, 1.82) is 0 Å². The number of alkyl halides is 3. The van der Waals surface area contributed by atoms with E-state index in [9.17, 15) is 32.3 Å². The number of carbonyl (C=O) groups excluding carboxylic acids is 2. The van der Waals surface area contributed by atoms with Crippen LogP contribution >= 0.6 is 27.0 Å². The number of aromatic nitrogens is 2. The zero-order chi connectivity index (χ0) is 28.6. The number of fused-ring (bicyclic) bond motifs is 1. The maximum absolute atomic E-state index is 14.1. The topological polar surface area (TPSA) is 75.4 Å². The number of β-amino-alcohol motifs (C(OH)–C–C–N with tert-alkyl or cyclic N) is 1. The van der Waals surface area contributed by atoms with Gasteiger partial charge in [0, 0.05) is 23.5 Å². The molecule has 42 heavy (non-hydrogen) atoms. The van der Waals surface area contributed by atoms with Gasteiger partial charge in [0.1, 0.15) is 11.6 Å². The SMILES string of the molecule is Cc1nn(-c2ccccc2)c2c1[C@H](c1ccc(F)cc1)[C@H](CC(=O)c1cccc(C(F)(F)F)c1)C(=O)N2CCO.S.S. The third kappa shape index (κ3) is 6.25. The van der Waals surface area contributed by atoms with Crippen LogP contribution in [0, 0.1) is 18.7 Å². The number of anilines is 1. The summed E-state index contributed by atoms with van der Waals surface area (Å²) in [6.07, 6.45) is -5.04. The highest BCUT2D eigenvalue weighted by Gasteiger charge is 2.45. The second kappa shape index (κ2) is 13.1. The van der Waals surface area contributed by atoms with Gasteiger partial charge in [-0.1, -0.05) is 42.5 Å². The van der Waals surface area contributed by atoms with Crippen LogP contribution in [0.4, 0.5) is 23.4 Å². The zero-order valence-electron chi connectivity index (χ0n) is 22.4. The lowest BCUT2D eigenvalue weighted by Crippen LogP contribution is -2.46. The predicted molar refractivity (Wildman–Crippen MR) is 161 cm³/mol. The summed E-state index contributed by atoms with van der Waals surface area (Å²) < 4.78 is 55.4. The van der Waals surface area contributed by atoms with Crippen molar-refractivity contribution >= 4 is 44.5 Å². The van der Waals surface area contributed by atoms with Gasteiger partial charge in [0.15, 0.2) is 5.78 Å². The summed E-state index contributed by atoms with van der Waals surface area (Å²) >= 11 is 0. The molecule has 0 spiro atoms. The molecule has 0 radical (unpaired) electrons. The Morgan fingerprint density at radius 1 is 0.976 bits per heavy atom. The molecular formula is C30H29F4N3O3S2. The molecule has 3 aromatic carbocycles. The van der Waals surface area contributed by atoms with E-state index < -0.39 is 47.5 Å². The van der Waals surface area contributed by atoms with E-state index in [0.29, 0.717) is 28.3 Å². The number of hydrogen-bond acceptors (Lipinski definition) is 4. The van der Waals surface area contributed by atoms with E-state index in [1.54, 1.807) is 11.6 Å². The molecule has 2 atom stereocenters. The summed E-state index contributed by atoms with van der Waals surface area (Å²) in [7, 11) is 0. The van der Waals surface area contributed by atoms with E-state index >= 15 is 0 Å². The number of benzene rings is 3. The van der Waals surface area contributed by atoms with E-state index in [0.717, 1.165) is 18.2 Å². The van der Waals surface area contributed by atoms with E-state index in [1.807, 2.05) is 30.3 Å². The molecule has 1 aromatic heterocycles. The average Bonchev–Trinajstić information content (AvgIpc) is 3.28. The number of halogens is 4. The van der Waals surface area contributed by atoms with Crippen molar-refractivity contribution in [3.8, 4) is 5.69 Å². The van der Waals surface area contributed by atoms with Gasteiger partial charge >= 0.3 is 6.18 Å². The van der Waals surface area contributed by atoms with Gasteiger partial charge < -0.3 is 5.11 Å². The number of carbonyl (C=O) groups is 2. The molecule has 6 nitrogen and oxygen atoms in total. The Morgan fingerprint density at radius 2 is 1.64 bits per heavy atom. The van der Waals surface area contributed by atoms with Crippen molar-refractivity contribution in [2.75, 3.05) is 18.1 Å². The van der Waals surface area contributed by atoms with E-state index in [2.05, 4.69) is 0 Å². The molecule has 222 valence electrons. The molecule has 0 saturated heterocycles. The lowest BCUT2D eigenvalue weighted by Gasteiger charge is -2.38. The molecule has 1 aliphatic heterocycles. The third-order valence-corrected chi connectivity index (χ3v) is 7.10. The number of hydrogen-bond donors (Lipinski definition) is 1. The minimum atomic E-state index is -4.64. The van der Waals surface area contributed by atoms with E-state index in [-0.39, 0.29) is 45.7 Å². The largest absolute Gasteiger partial charge is 0.416 e. The van der Waals surface area contributed by atoms with E-state index in [1.165, 1.54) is 35.2 Å². The Balaban J connectivity index is 0.00000242. The first-order valence-corrected chi connectivity index (χ1v) is 12.6. The minimum Gasteiger partial charge on any atom is -0.395 e. The summed E-state index contributed by atoms with van der Waals surface area (Å²) in [5.74, 6) is -2.99. The highest BCUT2D eigenvalue weighted by atomic mass is 32.1. The average molecular weight is 620 g/mol. The smallest absolute Gasteiger partial charge is 0.395 e. The molecule has 1 aliphatic rings. The number of Topliss-reactive ketones (excluding diaryl/α,β-unsaturated/α-hetero) is 1. The van der Waals surface area contributed by atoms with Gasteiger partial charge in [-0.3, -0.25) is 14.5 Å². The predicted octanol–water partition coefficient (Wildman–Crippen LogP) is 5.92. The van der Waals surface area contributed by atoms with Crippen molar-refractivity contribution in [2.24, 2.45) is 5.92 Å². The second-order valence-corrected chi connectivity index (χ2v) is 9.63. The summed E-state index contributed by atoms with van der Waals surface area (Å²) in [4.78, 5) is 28.8. The van der Waals surface area contributed by atoms with Crippen LogP contribution in [0.5, 0.6) is 0 Å². The van der Waals surface area contributed by atoms with Crippen molar-refractivity contribution < 1.29 is 32.3 Å². The monoisotopic (exact) mass is 619 g/mol. The molecule has 5 rings (SSSR count). The number of nitrogens with zero attached hydrogens (tertiary/aromatic N) is 3. The molecule has 4 aromatic rings. The molecular weight excluding hydrogens is 590 g/mol. The number of para-hydroxylation sites is 1. The summed E-state index contributed by atoms with van der Waals surface area (Å²) in [6, 6.07) is 18.7. The van der Waals surface area contributed by atoms with Gasteiger partial charge in [0.25, 0.3) is 0 Å². The van der Waals surface area contributed by atoms with Crippen molar-refractivity contribution in [2.45, 2.75) is 25.4 Å². The first-order chi connectivity index (χ1) is 19.1. The lowest BCUT2D eigenvalue weighted by molar-refractivity contribution is -0.137. The Kier molecular flexibility index (Phi) is 10.3. The van der Waals surface area contributed by atoms with Crippen LogP contribution in [0.1, 0.15) is 45.1 Å². The Morgan fingerprint density at radius 3 is 2.26 bits per heavy atom. The molecule has 12 heteroatoms. The van der Waals surface area contributed by atoms with Gasteiger partial charge in [-0.2, -0.15) is 45.3 Å². The molecule has 1 amide bonds. The summed E-state index contributed by atoms with van der Waals surface area (Å²) in [5, 5.41) is 14.5. The van der Waals surface area contributed by atoms with Crippen LogP contribution in [0.25, 0.3) is 5.69 Å². The lowest BCUT2D eigenvalue weighted by atomic mass is 9.74. The van der Waals surface area contributed by atoms with Crippen LogP contribution in [-0.2, 0) is 11.0 Å². The molecule has 0 bridgehead atoms. The number of aliphatic hydroxyl groups is 1. The first-order valence-electron chi connectivity index (χ1n) is 12.6. The standard InChI is InChI=1S/C30H25F4N3O3.2H2S/c1-18-26-27(19-10-12-22(31)13-11-19)24(17-25(39)20-6-5-7-21(16-20)30(32,33)34)29(40)36(14-15-38)28(26)37(35-18)23-8-3-2-4-9-23;;/h2-13,16,24,27,38H,14-15,17H2,1H3;2*1H2/t24-,27+;;/m0../s1. The normalized spacial score (nSPS) is 16.3. The number of rotatable bonds is 7. The second-order valence-electron chi connectivity index (χ2n) is 9.63. The Bertz CT molecular complexity index is 1560. The van der Waals surface area contributed by atoms with Gasteiger partial charge in [-0.05, 0) is 48.9 Å².